The van der Waals surface area contributed by atoms with E-state index in [1.54, 1.807) is 6.92 Å². The number of nitrogens with two attached hydrogens (primary N) is 1. The summed E-state index contributed by atoms with van der Waals surface area (Å²) in [6.07, 6.45) is 0. The van der Waals surface area contributed by atoms with E-state index in [2.05, 4.69) is 17.0 Å². The molecule has 0 aliphatic heterocycles. The zero-order valence-corrected chi connectivity index (χ0v) is 13.1. The van der Waals surface area contributed by atoms with Gasteiger partial charge in [-0.25, -0.2) is 12.8 Å². The molecule has 0 saturated carbocycles. The number of sulfonamides is 1. The molecule has 6 nitrogen and oxygen atoms in total. The number of carbonyl (C=O) groups is 1. The number of likely N-dealkylation sites (N-methyl/N-ethyl adjacent to an activating group) is 1. The summed E-state index contributed by atoms with van der Waals surface area (Å²) in [4.78, 5) is 10.6. The van der Waals surface area contributed by atoms with E-state index < -0.39 is 28.4 Å². The largest absolute Gasteiger partial charge is 0.465 e. The number of nitrogens with zero attached hydrogens (tertiary/aromatic N) is 1. The topological polar surface area (TPSA) is 89.7 Å². The zero-order chi connectivity index (χ0) is 16.2. The number of halogens is 1. The standard InChI is InChI=1S/C12H15FN2O4S2/c1-3-19-10(16)7-15(2)21(17,18)9-6-4-5-8(13)11(9)12(14)20/h4-6H,3,7H2,1-2H3,(H2,14,20). The van der Waals surface area contributed by atoms with Crippen LogP contribution in [0.5, 0.6) is 0 Å². The molecule has 0 atom stereocenters. The molecule has 1 aromatic carbocycles. The van der Waals surface area contributed by atoms with Gasteiger partial charge in [-0.1, -0.05) is 18.3 Å². The van der Waals surface area contributed by atoms with Gasteiger partial charge in [0, 0.05) is 7.05 Å². The number of esters is 1. The van der Waals surface area contributed by atoms with Crippen LogP contribution in [0.3, 0.4) is 0 Å². The van der Waals surface area contributed by atoms with Crippen molar-refractivity contribution in [2.24, 2.45) is 5.73 Å². The maximum atomic E-state index is 13.7. The monoisotopic (exact) mass is 334 g/mol. The van der Waals surface area contributed by atoms with Gasteiger partial charge in [-0.05, 0) is 19.1 Å². The Morgan fingerprint density at radius 2 is 2.10 bits per heavy atom. The smallest absolute Gasteiger partial charge is 0.321 e. The van der Waals surface area contributed by atoms with Gasteiger partial charge in [0.1, 0.15) is 17.4 Å². The highest BCUT2D eigenvalue weighted by Crippen LogP contribution is 2.22. The molecular formula is C12H15FN2O4S2. The summed E-state index contributed by atoms with van der Waals surface area (Å²) in [7, 11) is -2.94. The van der Waals surface area contributed by atoms with E-state index in [1.165, 1.54) is 19.2 Å². The third-order valence-corrected chi connectivity index (χ3v) is 4.62. The van der Waals surface area contributed by atoms with Crippen LogP contribution in [0, 0.1) is 5.82 Å². The molecule has 0 spiro atoms. The third-order valence-electron chi connectivity index (χ3n) is 2.57. The predicted molar refractivity (Wildman–Crippen MR) is 78.7 cm³/mol. The maximum Gasteiger partial charge on any atom is 0.321 e. The SMILES string of the molecule is CCOC(=O)CN(C)S(=O)(=O)c1cccc(F)c1C(N)=S. The third kappa shape index (κ3) is 3.96. The lowest BCUT2D eigenvalue weighted by atomic mass is 10.2. The van der Waals surface area contributed by atoms with Crippen LogP contribution in [0.2, 0.25) is 0 Å². The van der Waals surface area contributed by atoms with Gasteiger partial charge in [-0.3, -0.25) is 4.79 Å². The summed E-state index contributed by atoms with van der Waals surface area (Å²) in [6.45, 7) is 1.23. The molecular weight excluding hydrogens is 319 g/mol. The highest BCUT2D eigenvalue weighted by molar-refractivity contribution is 7.89. The fourth-order valence-corrected chi connectivity index (χ4v) is 3.20. The first kappa shape index (κ1) is 17.5. The van der Waals surface area contributed by atoms with Crippen molar-refractivity contribution >= 4 is 33.2 Å². The Morgan fingerprint density at radius 1 is 1.48 bits per heavy atom. The summed E-state index contributed by atoms with van der Waals surface area (Å²) in [6, 6.07) is 3.45. The molecule has 2 N–H and O–H groups in total. The maximum absolute atomic E-state index is 13.7. The lowest BCUT2D eigenvalue weighted by Crippen LogP contribution is -2.34. The molecule has 0 aliphatic rings. The van der Waals surface area contributed by atoms with Gasteiger partial charge in [0.05, 0.1) is 17.1 Å². The number of hydrogen-bond donors (Lipinski definition) is 1. The second-order valence-electron chi connectivity index (χ2n) is 4.04. The highest BCUT2D eigenvalue weighted by Gasteiger charge is 2.28. The highest BCUT2D eigenvalue weighted by atomic mass is 32.2. The molecule has 0 unspecified atom stereocenters. The average molecular weight is 334 g/mol. The minimum atomic E-state index is -4.13. The number of carbonyl (C=O) groups excluding carboxylic acids is 1. The number of thiocarbonyl (C=S) groups is 1. The van der Waals surface area contributed by atoms with E-state index in [1.807, 2.05) is 0 Å². The van der Waals surface area contributed by atoms with Gasteiger partial charge in [-0.2, -0.15) is 4.31 Å². The van der Waals surface area contributed by atoms with Gasteiger partial charge in [-0.15, -0.1) is 0 Å². The molecule has 0 amide bonds. The number of benzene rings is 1. The first-order chi connectivity index (χ1) is 9.71. The van der Waals surface area contributed by atoms with E-state index in [9.17, 15) is 17.6 Å². The van der Waals surface area contributed by atoms with Crippen LogP contribution in [0.15, 0.2) is 23.1 Å². The molecule has 21 heavy (non-hydrogen) atoms. The van der Waals surface area contributed by atoms with Crippen molar-refractivity contribution in [1.82, 2.24) is 4.31 Å². The number of ether oxygens (including phenoxy) is 1. The summed E-state index contributed by atoms with van der Waals surface area (Å²) in [5.74, 6) is -1.55. The molecule has 0 saturated heterocycles. The second kappa shape index (κ2) is 6.92. The molecule has 1 aromatic rings. The molecule has 1 rings (SSSR count). The Morgan fingerprint density at radius 3 is 2.62 bits per heavy atom. The molecule has 0 heterocycles. The predicted octanol–water partition coefficient (Wildman–Crippen LogP) is 0.644. The van der Waals surface area contributed by atoms with Crippen LogP contribution in [0.1, 0.15) is 12.5 Å². The fourth-order valence-electron chi connectivity index (χ4n) is 1.60. The Balaban J connectivity index is 3.23. The Labute approximate surface area is 127 Å². The van der Waals surface area contributed by atoms with E-state index in [0.717, 1.165) is 10.4 Å². The van der Waals surface area contributed by atoms with E-state index in [-0.39, 0.29) is 22.1 Å². The molecule has 0 bridgehead atoms. The van der Waals surface area contributed by atoms with E-state index >= 15 is 0 Å². The van der Waals surface area contributed by atoms with Crippen LogP contribution in [0.4, 0.5) is 4.39 Å². The fraction of sp³-hybridized carbons (Fsp3) is 0.333. The van der Waals surface area contributed by atoms with E-state index in [4.69, 9.17) is 5.73 Å². The molecule has 0 aromatic heterocycles. The molecule has 0 radical (unpaired) electrons. The van der Waals surface area contributed by atoms with Gasteiger partial charge >= 0.3 is 5.97 Å². The van der Waals surface area contributed by atoms with Gasteiger partial charge in [0.2, 0.25) is 10.0 Å². The quantitative estimate of drug-likeness (QED) is 0.607. The first-order valence-electron chi connectivity index (χ1n) is 5.92. The lowest BCUT2D eigenvalue weighted by Gasteiger charge is -2.18. The number of hydrogen-bond acceptors (Lipinski definition) is 5. The molecule has 0 fully saturated rings. The van der Waals surface area contributed by atoms with Gasteiger partial charge in [0.25, 0.3) is 0 Å². The summed E-state index contributed by atoms with van der Waals surface area (Å²) >= 11 is 4.69. The van der Waals surface area contributed by atoms with E-state index in [0.29, 0.717) is 0 Å². The van der Waals surface area contributed by atoms with Crippen LogP contribution in [0.25, 0.3) is 0 Å². The van der Waals surface area contributed by atoms with Crippen LogP contribution < -0.4 is 5.73 Å². The van der Waals surface area contributed by atoms with Gasteiger partial charge in [0.15, 0.2) is 0 Å². The van der Waals surface area contributed by atoms with Crippen molar-refractivity contribution in [1.29, 1.82) is 0 Å². The van der Waals surface area contributed by atoms with Crippen molar-refractivity contribution in [3.05, 3.63) is 29.6 Å². The van der Waals surface area contributed by atoms with Crippen LogP contribution >= 0.6 is 12.2 Å². The summed E-state index contributed by atoms with van der Waals surface area (Å²) in [5, 5.41) is 0. The Bertz CT molecular complexity index is 661. The molecule has 116 valence electrons. The minimum absolute atomic E-state index is 0.130. The minimum Gasteiger partial charge on any atom is -0.465 e. The Hall–Kier alpha value is -1.58. The van der Waals surface area contributed by atoms with Crippen LogP contribution in [-0.2, 0) is 19.6 Å². The molecule has 0 aliphatic carbocycles. The van der Waals surface area contributed by atoms with Crippen molar-refractivity contribution in [2.45, 2.75) is 11.8 Å². The summed E-state index contributed by atoms with van der Waals surface area (Å²) < 4.78 is 43.9. The second-order valence-corrected chi connectivity index (χ2v) is 6.50. The summed E-state index contributed by atoms with van der Waals surface area (Å²) in [5.41, 5.74) is 5.01. The number of rotatable bonds is 6. The van der Waals surface area contributed by atoms with Crippen molar-refractivity contribution in [3.63, 3.8) is 0 Å². The van der Waals surface area contributed by atoms with Crippen molar-refractivity contribution in [2.75, 3.05) is 20.2 Å². The Kier molecular flexibility index (Phi) is 5.76. The lowest BCUT2D eigenvalue weighted by molar-refractivity contribution is -0.143. The normalized spacial score (nSPS) is 11.4. The first-order valence-corrected chi connectivity index (χ1v) is 7.77. The van der Waals surface area contributed by atoms with Crippen molar-refractivity contribution in [3.8, 4) is 0 Å². The average Bonchev–Trinajstić information content (AvgIpc) is 2.37. The molecule has 9 heteroatoms. The zero-order valence-electron chi connectivity index (χ0n) is 11.5. The van der Waals surface area contributed by atoms with Gasteiger partial charge < -0.3 is 10.5 Å². The van der Waals surface area contributed by atoms with Crippen LogP contribution in [-0.4, -0.2) is 43.9 Å². The van der Waals surface area contributed by atoms with Crippen molar-refractivity contribution < 1.29 is 22.3 Å².